The number of halogens is 1. The number of nitrogens with one attached hydrogen (secondary N) is 2. The van der Waals surface area contributed by atoms with Crippen molar-refractivity contribution in [2.24, 2.45) is 4.99 Å². The molecule has 26 heavy (non-hydrogen) atoms. The van der Waals surface area contributed by atoms with E-state index in [2.05, 4.69) is 37.3 Å². The lowest BCUT2D eigenvalue weighted by atomic mass is 9.96. The number of H-pyrrole nitrogens is 1. The summed E-state index contributed by atoms with van der Waals surface area (Å²) in [5.74, 6) is 3.27. The van der Waals surface area contributed by atoms with Gasteiger partial charge in [-0.1, -0.05) is 18.2 Å². The number of piperidine rings is 1. The Balaban J connectivity index is 0.00000243. The zero-order chi connectivity index (χ0) is 17.5. The number of guanidine groups is 1. The van der Waals surface area contributed by atoms with E-state index in [0.29, 0.717) is 12.5 Å². The van der Waals surface area contributed by atoms with E-state index in [1.165, 1.54) is 0 Å². The number of aromatic amines is 1. The van der Waals surface area contributed by atoms with E-state index in [9.17, 15) is 0 Å². The molecular weight excluding hydrogens is 443 g/mol. The van der Waals surface area contributed by atoms with Crippen LogP contribution in [-0.4, -0.2) is 58.8 Å². The van der Waals surface area contributed by atoms with Crippen LogP contribution in [0.15, 0.2) is 41.7 Å². The average Bonchev–Trinajstić information content (AvgIpc) is 3.18. The van der Waals surface area contributed by atoms with Crippen molar-refractivity contribution in [3.8, 4) is 5.75 Å². The van der Waals surface area contributed by atoms with Gasteiger partial charge in [-0.3, -0.25) is 10.1 Å². The van der Waals surface area contributed by atoms with Crippen LogP contribution >= 0.6 is 24.0 Å². The fourth-order valence-electron chi connectivity index (χ4n) is 3.12. The third-order valence-corrected chi connectivity index (χ3v) is 4.45. The summed E-state index contributed by atoms with van der Waals surface area (Å²) in [6, 6.07) is 9.89. The molecular formula is C18H27IN6O. The number of nitrogens with zero attached hydrogens (tertiary/aromatic N) is 4. The Hall–Kier alpha value is -1.84. The highest BCUT2D eigenvalue weighted by atomic mass is 127. The first-order valence-corrected chi connectivity index (χ1v) is 8.79. The molecule has 1 aromatic carbocycles. The highest BCUT2D eigenvalue weighted by Crippen LogP contribution is 2.24. The van der Waals surface area contributed by atoms with Gasteiger partial charge in [0.1, 0.15) is 24.0 Å². The smallest absolute Gasteiger partial charge is 0.193 e. The van der Waals surface area contributed by atoms with Crippen LogP contribution < -0.4 is 10.1 Å². The number of hydrogen-bond donors (Lipinski definition) is 2. The number of benzene rings is 1. The number of ether oxygens (including phenoxy) is 1. The first-order chi connectivity index (χ1) is 12.3. The number of aliphatic imine (C=N–C) groups is 1. The van der Waals surface area contributed by atoms with Gasteiger partial charge in [-0.05, 0) is 31.9 Å². The molecule has 1 aliphatic rings. The van der Waals surface area contributed by atoms with Gasteiger partial charge in [0.25, 0.3) is 0 Å². The highest BCUT2D eigenvalue weighted by molar-refractivity contribution is 14.0. The minimum absolute atomic E-state index is 0. The van der Waals surface area contributed by atoms with Gasteiger partial charge in [-0.25, -0.2) is 4.98 Å². The predicted octanol–water partition coefficient (Wildman–Crippen LogP) is 2.65. The maximum Gasteiger partial charge on any atom is 0.193 e. The van der Waals surface area contributed by atoms with E-state index in [-0.39, 0.29) is 30.1 Å². The lowest BCUT2D eigenvalue weighted by Gasteiger charge is -2.33. The molecule has 1 unspecified atom stereocenters. The van der Waals surface area contributed by atoms with Crippen LogP contribution in [0.5, 0.6) is 5.75 Å². The number of aromatic nitrogens is 3. The van der Waals surface area contributed by atoms with Crippen LogP contribution in [-0.2, 0) is 0 Å². The lowest BCUT2D eigenvalue weighted by Crippen LogP contribution is -2.47. The van der Waals surface area contributed by atoms with Crippen molar-refractivity contribution in [1.29, 1.82) is 0 Å². The van der Waals surface area contributed by atoms with Gasteiger partial charge < -0.3 is 15.0 Å². The van der Waals surface area contributed by atoms with Crippen LogP contribution in [0.2, 0.25) is 0 Å². The molecule has 2 heterocycles. The van der Waals surface area contributed by atoms with Crippen molar-refractivity contribution < 1.29 is 4.74 Å². The third-order valence-electron chi connectivity index (χ3n) is 4.45. The fraction of sp³-hybridized carbons (Fsp3) is 0.500. The van der Waals surface area contributed by atoms with Crippen LogP contribution in [0.1, 0.15) is 31.5 Å². The normalized spacial score (nSPS) is 16.7. The summed E-state index contributed by atoms with van der Waals surface area (Å²) in [7, 11) is 1.83. The first kappa shape index (κ1) is 20.5. The summed E-state index contributed by atoms with van der Waals surface area (Å²) in [5.41, 5.74) is 0. The predicted molar refractivity (Wildman–Crippen MR) is 113 cm³/mol. The molecule has 0 saturated carbocycles. The quantitative estimate of drug-likeness (QED) is 0.399. The van der Waals surface area contributed by atoms with Gasteiger partial charge >= 0.3 is 0 Å². The molecule has 2 aromatic rings. The van der Waals surface area contributed by atoms with Crippen molar-refractivity contribution >= 4 is 29.9 Å². The summed E-state index contributed by atoms with van der Waals surface area (Å²) in [5, 5.41) is 10.4. The van der Waals surface area contributed by atoms with Gasteiger partial charge in [-0.2, -0.15) is 5.10 Å². The van der Waals surface area contributed by atoms with Crippen molar-refractivity contribution in [1.82, 2.24) is 25.4 Å². The van der Waals surface area contributed by atoms with Crippen molar-refractivity contribution in [3.05, 3.63) is 42.5 Å². The Morgan fingerprint density at radius 3 is 2.69 bits per heavy atom. The SMILES string of the molecule is CN=C(NCC(C)Oc1ccccc1)N1CCC(c2ncn[nH]2)CC1.I. The Bertz CT molecular complexity index is 656. The largest absolute Gasteiger partial charge is 0.489 e. The number of hydrogen-bond acceptors (Lipinski definition) is 4. The molecule has 142 valence electrons. The van der Waals surface area contributed by atoms with Crippen LogP contribution in [0.25, 0.3) is 0 Å². The van der Waals surface area contributed by atoms with Crippen molar-refractivity contribution in [2.45, 2.75) is 31.8 Å². The molecule has 1 aliphatic heterocycles. The van der Waals surface area contributed by atoms with E-state index >= 15 is 0 Å². The molecule has 8 heteroatoms. The Morgan fingerprint density at radius 1 is 1.35 bits per heavy atom. The summed E-state index contributed by atoms with van der Waals surface area (Å²) >= 11 is 0. The Kier molecular flexibility index (Phi) is 8.14. The molecule has 0 amide bonds. The minimum atomic E-state index is 0. The van der Waals surface area contributed by atoms with Gasteiger partial charge in [0.05, 0.1) is 6.54 Å². The topological polar surface area (TPSA) is 78.4 Å². The van der Waals surface area contributed by atoms with Crippen LogP contribution in [0.3, 0.4) is 0 Å². The second-order valence-corrected chi connectivity index (χ2v) is 6.30. The number of para-hydroxylation sites is 1. The Morgan fingerprint density at radius 2 is 2.08 bits per heavy atom. The maximum atomic E-state index is 5.91. The Labute approximate surface area is 171 Å². The second-order valence-electron chi connectivity index (χ2n) is 6.30. The molecule has 0 aliphatic carbocycles. The standard InChI is InChI=1S/C18H26N6O.HI/c1-14(25-16-6-4-3-5-7-16)12-20-18(19-2)24-10-8-15(9-11-24)17-21-13-22-23-17;/h3-7,13-15H,8-12H2,1-2H3,(H,19,20)(H,21,22,23);1H. The molecule has 1 fully saturated rings. The fourth-order valence-corrected chi connectivity index (χ4v) is 3.12. The van der Waals surface area contributed by atoms with Gasteiger partial charge in [0.2, 0.25) is 0 Å². The zero-order valence-corrected chi connectivity index (χ0v) is 17.6. The van der Waals surface area contributed by atoms with E-state index < -0.39 is 0 Å². The molecule has 1 atom stereocenters. The van der Waals surface area contributed by atoms with Crippen LogP contribution in [0.4, 0.5) is 0 Å². The monoisotopic (exact) mass is 470 g/mol. The minimum Gasteiger partial charge on any atom is -0.489 e. The van der Waals surface area contributed by atoms with Crippen molar-refractivity contribution in [3.63, 3.8) is 0 Å². The average molecular weight is 470 g/mol. The van der Waals surface area contributed by atoms with Gasteiger partial charge in [-0.15, -0.1) is 24.0 Å². The highest BCUT2D eigenvalue weighted by Gasteiger charge is 2.24. The maximum absolute atomic E-state index is 5.91. The third kappa shape index (κ3) is 5.58. The molecule has 3 rings (SSSR count). The molecule has 1 aromatic heterocycles. The van der Waals surface area contributed by atoms with Crippen molar-refractivity contribution in [2.75, 3.05) is 26.7 Å². The van der Waals surface area contributed by atoms with Gasteiger partial charge in [0, 0.05) is 26.1 Å². The summed E-state index contributed by atoms with van der Waals surface area (Å²) in [6.45, 7) is 4.69. The molecule has 0 radical (unpaired) electrons. The second kappa shape index (κ2) is 10.3. The van der Waals surface area contributed by atoms with E-state index in [4.69, 9.17) is 4.74 Å². The van der Waals surface area contributed by atoms with Gasteiger partial charge in [0.15, 0.2) is 5.96 Å². The summed E-state index contributed by atoms with van der Waals surface area (Å²) in [4.78, 5) is 11.0. The molecule has 1 saturated heterocycles. The number of rotatable bonds is 5. The molecule has 2 N–H and O–H groups in total. The zero-order valence-electron chi connectivity index (χ0n) is 15.3. The van der Waals surface area contributed by atoms with E-state index in [0.717, 1.165) is 43.5 Å². The number of likely N-dealkylation sites (tertiary alicyclic amines) is 1. The summed E-state index contributed by atoms with van der Waals surface area (Å²) in [6.07, 6.45) is 3.74. The molecule has 0 spiro atoms. The van der Waals surface area contributed by atoms with E-state index in [1.807, 2.05) is 37.4 Å². The van der Waals surface area contributed by atoms with E-state index in [1.54, 1.807) is 6.33 Å². The first-order valence-electron chi connectivity index (χ1n) is 8.79. The van der Waals surface area contributed by atoms with Crippen LogP contribution in [0, 0.1) is 0 Å². The molecule has 7 nitrogen and oxygen atoms in total. The molecule has 0 bridgehead atoms. The lowest BCUT2D eigenvalue weighted by molar-refractivity contribution is 0.220. The summed E-state index contributed by atoms with van der Waals surface area (Å²) < 4.78 is 5.91.